The van der Waals surface area contributed by atoms with E-state index in [4.69, 9.17) is 9.47 Å². The van der Waals surface area contributed by atoms with Gasteiger partial charge in [0, 0.05) is 25.2 Å². The van der Waals surface area contributed by atoms with Gasteiger partial charge in [0.25, 0.3) is 0 Å². The molecule has 1 saturated carbocycles. The molecule has 0 radical (unpaired) electrons. The molecular weight excluding hydrogens is 338 g/mol. The van der Waals surface area contributed by atoms with E-state index in [1.165, 1.54) is 35.1 Å². The number of fused-ring (bicyclic) bond motifs is 2. The van der Waals surface area contributed by atoms with Crippen molar-refractivity contribution in [2.75, 3.05) is 27.3 Å². The molecular formula is C23H29NO3. The first-order valence-corrected chi connectivity index (χ1v) is 9.93. The van der Waals surface area contributed by atoms with E-state index >= 15 is 0 Å². The molecule has 0 bridgehead atoms. The highest BCUT2D eigenvalue weighted by atomic mass is 16.5. The van der Waals surface area contributed by atoms with Gasteiger partial charge >= 0.3 is 0 Å². The summed E-state index contributed by atoms with van der Waals surface area (Å²) in [5.41, 5.74) is 5.20. The standard InChI is InChI=1S/C23H29NO3/c1-26-22-10-8-18-6-5-17-7-9-20(25)13-19(17)11-12-24(14-16-3-4-16)15-21(18)23(22)27-2/h7-10,13,16,25H,3-6,11-12,14-15H2,1-2H3. The number of phenols is 1. The highest BCUT2D eigenvalue weighted by Crippen LogP contribution is 2.37. The van der Waals surface area contributed by atoms with Crippen molar-refractivity contribution in [1.82, 2.24) is 4.90 Å². The van der Waals surface area contributed by atoms with E-state index in [-0.39, 0.29) is 0 Å². The zero-order valence-corrected chi connectivity index (χ0v) is 16.3. The van der Waals surface area contributed by atoms with Crippen LogP contribution >= 0.6 is 0 Å². The third kappa shape index (κ3) is 4.06. The van der Waals surface area contributed by atoms with E-state index in [2.05, 4.69) is 17.0 Å². The Morgan fingerprint density at radius 2 is 1.74 bits per heavy atom. The summed E-state index contributed by atoms with van der Waals surface area (Å²) >= 11 is 0. The van der Waals surface area contributed by atoms with Gasteiger partial charge in [-0.2, -0.15) is 0 Å². The summed E-state index contributed by atoms with van der Waals surface area (Å²) in [4.78, 5) is 2.55. The molecule has 0 saturated heterocycles. The Labute approximate surface area is 161 Å². The first-order chi connectivity index (χ1) is 13.2. The molecule has 1 N–H and O–H groups in total. The molecule has 0 aromatic heterocycles. The van der Waals surface area contributed by atoms with Crippen LogP contribution < -0.4 is 9.47 Å². The van der Waals surface area contributed by atoms with Crippen LogP contribution in [0.3, 0.4) is 0 Å². The number of aryl methyl sites for hydroxylation is 2. The van der Waals surface area contributed by atoms with E-state index in [9.17, 15) is 5.11 Å². The van der Waals surface area contributed by atoms with Crippen LogP contribution in [0.15, 0.2) is 30.3 Å². The molecule has 1 fully saturated rings. The van der Waals surface area contributed by atoms with Gasteiger partial charge in [0.05, 0.1) is 14.2 Å². The fourth-order valence-corrected chi connectivity index (χ4v) is 4.20. The lowest BCUT2D eigenvalue weighted by molar-refractivity contribution is 0.250. The molecule has 2 aliphatic rings. The second kappa shape index (κ2) is 7.81. The molecule has 4 rings (SSSR count). The lowest BCUT2D eigenvalue weighted by Gasteiger charge is -2.27. The summed E-state index contributed by atoms with van der Waals surface area (Å²) in [5.74, 6) is 2.88. The van der Waals surface area contributed by atoms with E-state index < -0.39 is 0 Å². The summed E-state index contributed by atoms with van der Waals surface area (Å²) in [6.45, 7) is 3.01. The molecule has 1 heterocycles. The third-order valence-electron chi connectivity index (χ3n) is 5.89. The molecule has 1 aliphatic carbocycles. The van der Waals surface area contributed by atoms with Crippen molar-refractivity contribution in [3.63, 3.8) is 0 Å². The number of hydrogen-bond acceptors (Lipinski definition) is 4. The highest BCUT2D eigenvalue weighted by molar-refractivity contribution is 5.51. The Morgan fingerprint density at radius 3 is 2.48 bits per heavy atom. The maximum atomic E-state index is 9.94. The SMILES string of the molecule is COc1ccc2c(c1OC)CN(CC1CC1)CCc1cc(O)ccc1CC2. The predicted molar refractivity (Wildman–Crippen MR) is 107 cm³/mol. The van der Waals surface area contributed by atoms with Crippen LogP contribution in [0.1, 0.15) is 35.1 Å². The van der Waals surface area contributed by atoms with Gasteiger partial charge in [-0.05, 0) is 72.9 Å². The summed E-state index contributed by atoms with van der Waals surface area (Å²) < 4.78 is 11.3. The van der Waals surface area contributed by atoms with Crippen molar-refractivity contribution in [2.45, 2.75) is 38.6 Å². The Morgan fingerprint density at radius 1 is 0.963 bits per heavy atom. The lowest BCUT2D eigenvalue weighted by atomic mass is 9.93. The first-order valence-electron chi connectivity index (χ1n) is 9.93. The van der Waals surface area contributed by atoms with Crippen LogP contribution in [0.2, 0.25) is 0 Å². The van der Waals surface area contributed by atoms with Gasteiger partial charge in [-0.25, -0.2) is 0 Å². The molecule has 0 spiro atoms. The summed E-state index contributed by atoms with van der Waals surface area (Å²) in [6.07, 6.45) is 5.59. The van der Waals surface area contributed by atoms with E-state index in [1.54, 1.807) is 14.2 Å². The average molecular weight is 367 g/mol. The maximum Gasteiger partial charge on any atom is 0.165 e. The number of methoxy groups -OCH3 is 2. The summed E-state index contributed by atoms with van der Waals surface area (Å²) in [5, 5.41) is 9.94. The largest absolute Gasteiger partial charge is 0.508 e. The van der Waals surface area contributed by atoms with Crippen LogP contribution in [0, 0.1) is 5.92 Å². The number of phenolic OH excluding ortho intramolecular Hbond substituents is 1. The molecule has 4 nitrogen and oxygen atoms in total. The van der Waals surface area contributed by atoms with Crippen molar-refractivity contribution in [3.05, 3.63) is 52.6 Å². The van der Waals surface area contributed by atoms with E-state index in [0.717, 1.165) is 56.3 Å². The smallest absolute Gasteiger partial charge is 0.165 e. The molecule has 1 aliphatic heterocycles. The minimum Gasteiger partial charge on any atom is -0.508 e. The number of rotatable bonds is 4. The lowest BCUT2D eigenvalue weighted by Crippen LogP contribution is -2.29. The average Bonchev–Trinajstić information content (AvgIpc) is 3.49. The van der Waals surface area contributed by atoms with Crippen LogP contribution in [0.25, 0.3) is 0 Å². The molecule has 0 atom stereocenters. The first kappa shape index (κ1) is 18.2. The minimum atomic E-state index is 0.367. The van der Waals surface area contributed by atoms with Crippen LogP contribution in [-0.4, -0.2) is 37.3 Å². The van der Waals surface area contributed by atoms with Crippen molar-refractivity contribution in [3.8, 4) is 17.2 Å². The number of hydrogen-bond donors (Lipinski definition) is 1. The number of ether oxygens (including phenoxy) is 2. The number of aromatic hydroxyl groups is 1. The van der Waals surface area contributed by atoms with Crippen molar-refractivity contribution in [2.24, 2.45) is 5.92 Å². The molecule has 2 aromatic carbocycles. The van der Waals surface area contributed by atoms with Gasteiger partial charge in [0.2, 0.25) is 0 Å². The third-order valence-corrected chi connectivity index (χ3v) is 5.89. The van der Waals surface area contributed by atoms with Gasteiger partial charge in [0.15, 0.2) is 11.5 Å². The van der Waals surface area contributed by atoms with Gasteiger partial charge in [-0.1, -0.05) is 12.1 Å². The van der Waals surface area contributed by atoms with Gasteiger partial charge in [-0.15, -0.1) is 0 Å². The monoisotopic (exact) mass is 367 g/mol. The Hall–Kier alpha value is -2.20. The molecule has 0 amide bonds. The summed E-state index contributed by atoms with van der Waals surface area (Å²) in [6, 6.07) is 10.0. The van der Waals surface area contributed by atoms with Crippen molar-refractivity contribution < 1.29 is 14.6 Å². The molecule has 0 unspecified atom stereocenters. The Kier molecular flexibility index (Phi) is 5.26. The van der Waals surface area contributed by atoms with E-state index in [0.29, 0.717) is 5.75 Å². The molecule has 27 heavy (non-hydrogen) atoms. The minimum absolute atomic E-state index is 0.367. The topological polar surface area (TPSA) is 41.9 Å². The zero-order valence-electron chi connectivity index (χ0n) is 16.3. The van der Waals surface area contributed by atoms with Crippen molar-refractivity contribution in [1.29, 1.82) is 0 Å². The van der Waals surface area contributed by atoms with Crippen molar-refractivity contribution >= 4 is 0 Å². The van der Waals surface area contributed by atoms with Crippen LogP contribution in [0.4, 0.5) is 0 Å². The van der Waals surface area contributed by atoms with Gasteiger partial charge in [-0.3, -0.25) is 4.90 Å². The number of nitrogens with zero attached hydrogens (tertiary/aromatic N) is 1. The Balaban J connectivity index is 1.73. The van der Waals surface area contributed by atoms with Crippen LogP contribution in [0.5, 0.6) is 17.2 Å². The fourth-order valence-electron chi connectivity index (χ4n) is 4.20. The zero-order chi connectivity index (χ0) is 18.8. The fraction of sp³-hybridized carbons (Fsp3) is 0.478. The van der Waals surface area contributed by atoms with Gasteiger partial charge in [0.1, 0.15) is 5.75 Å². The maximum absolute atomic E-state index is 9.94. The van der Waals surface area contributed by atoms with Gasteiger partial charge < -0.3 is 14.6 Å². The predicted octanol–water partition coefficient (Wildman–Crippen LogP) is 3.96. The molecule has 2 aromatic rings. The number of benzene rings is 2. The molecule has 144 valence electrons. The second-order valence-corrected chi connectivity index (χ2v) is 7.82. The normalized spacial score (nSPS) is 17.7. The molecule has 4 heteroatoms. The second-order valence-electron chi connectivity index (χ2n) is 7.82. The highest BCUT2D eigenvalue weighted by Gasteiger charge is 2.26. The Bertz CT molecular complexity index is 814. The summed E-state index contributed by atoms with van der Waals surface area (Å²) in [7, 11) is 3.44. The van der Waals surface area contributed by atoms with E-state index in [1.807, 2.05) is 18.2 Å². The van der Waals surface area contributed by atoms with Crippen LogP contribution in [-0.2, 0) is 25.8 Å². The quantitative estimate of drug-likeness (QED) is 0.888.